The van der Waals surface area contributed by atoms with Crippen LogP contribution in [0.2, 0.25) is 5.02 Å². The molecule has 2 aromatic heterocycles. The third-order valence-electron chi connectivity index (χ3n) is 8.78. The minimum absolute atomic E-state index is 0.00717. The van der Waals surface area contributed by atoms with Crippen molar-refractivity contribution in [3.05, 3.63) is 53.2 Å². The Morgan fingerprint density at radius 3 is 2.50 bits per heavy atom. The molecule has 0 spiro atoms. The Morgan fingerprint density at radius 2 is 1.81 bits per heavy atom. The maximum Gasteiger partial charge on any atom is 0.309 e. The van der Waals surface area contributed by atoms with Gasteiger partial charge in [-0.15, -0.1) is 5.10 Å². The molecular formula is C34H42ClFN8O4. The molecule has 3 aromatic rings. The second kappa shape index (κ2) is 15.3. The van der Waals surface area contributed by atoms with Crippen molar-refractivity contribution in [2.75, 3.05) is 30.3 Å². The summed E-state index contributed by atoms with van der Waals surface area (Å²) in [7, 11) is 0. The fourth-order valence-electron chi connectivity index (χ4n) is 6.37. The molecule has 12 nitrogen and oxygen atoms in total. The van der Waals surface area contributed by atoms with Crippen molar-refractivity contribution in [1.29, 1.82) is 0 Å². The summed E-state index contributed by atoms with van der Waals surface area (Å²) in [6, 6.07) is 7.67. The van der Waals surface area contributed by atoms with Gasteiger partial charge in [0.1, 0.15) is 23.8 Å². The van der Waals surface area contributed by atoms with Crippen molar-refractivity contribution in [1.82, 2.24) is 30.4 Å². The number of cyclic esters (lactones) is 1. The van der Waals surface area contributed by atoms with Crippen LogP contribution in [0.4, 0.5) is 21.7 Å². The lowest BCUT2D eigenvalue weighted by molar-refractivity contribution is -0.141. The number of ether oxygens (including phenoxy) is 1. The van der Waals surface area contributed by atoms with Gasteiger partial charge in [-0.2, -0.15) is 5.10 Å². The molecule has 1 saturated heterocycles. The van der Waals surface area contributed by atoms with E-state index in [1.54, 1.807) is 12.1 Å². The van der Waals surface area contributed by atoms with E-state index in [4.69, 9.17) is 16.3 Å². The molecule has 3 atom stereocenters. The zero-order valence-corrected chi connectivity index (χ0v) is 28.6. The van der Waals surface area contributed by atoms with Gasteiger partial charge in [0.25, 0.3) is 0 Å². The normalized spacial score (nSPS) is 20.2. The van der Waals surface area contributed by atoms with E-state index < -0.39 is 11.7 Å². The first-order valence-electron chi connectivity index (χ1n) is 16.3. The van der Waals surface area contributed by atoms with Gasteiger partial charge in [0.05, 0.1) is 29.6 Å². The Labute approximate surface area is 284 Å². The van der Waals surface area contributed by atoms with Crippen molar-refractivity contribution < 1.29 is 23.5 Å². The maximum atomic E-state index is 14.8. The molecule has 14 heteroatoms. The molecule has 2 unspecified atom stereocenters. The van der Waals surface area contributed by atoms with E-state index in [2.05, 4.69) is 54.9 Å². The quantitative estimate of drug-likeness (QED) is 0.202. The Balaban J connectivity index is 1.30. The SMILES string of the molecule is CC(=O)NC(C)CN(CC(C)C)C1CC(C(=O)Nc2cc(Nc3cc(-c4cc(Cl)ccc4F)nnc3[C@@H](C)C3CCOC3=O)ncn2)C1. The molecular weight excluding hydrogens is 639 g/mol. The minimum atomic E-state index is -0.514. The van der Waals surface area contributed by atoms with Crippen LogP contribution in [0.15, 0.2) is 36.7 Å². The number of esters is 1. The number of benzene rings is 1. The van der Waals surface area contributed by atoms with E-state index in [-0.39, 0.29) is 53.0 Å². The molecule has 2 fully saturated rings. The molecule has 2 amide bonds. The van der Waals surface area contributed by atoms with Crippen LogP contribution in [0.5, 0.6) is 0 Å². The summed E-state index contributed by atoms with van der Waals surface area (Å²) in [5, 5.41) is 18.1. The number of hydrogen-bond donors (Lipinski definition) is 3. The predicted octanol–water partition coefficient (Wildman–Crippen LogP) is 5.34. The fourth-order valence-corrected chi connectivity index (χ4v) is 6.54. The second-order valence-electron chi connectivity index (χ2n) is 13.2. The highest BCUT2D eigenvalue weighted by atomic mass is 35.5. The number of hydrogen-bond acceptors (Lipinski definition) is 10. The lowest BCUT2D eigenvalue weighted by atomic mass is 9.78. The number of carbonyl (C=O) groups excluding carboxylic acids is 3. The van der Waals surface area contributed by atoms with Gasteiger partial charge >= 0.3 is 5.97 Å². The lowest BCUT2D eigenvalue weighted by Gasteiger charge is -2.43. The van der Waals surface area contributed by atoms with Crippen LogP contribution in [-0.4, -0.2) is 74.6 Å². The van der Waals surface area contributed by atoms with Gasteiger partial charge in [0.2, 0.25) is 11.8 Å². The standard InChI is InChI=1S/C34H42ClFN8O4/c1-18(2)15-44(16-19(3)39-21(5)45)24-10-22(11-24)33(46)41-31-14-30(37-17-38-31)40-29-13-28(26-12-23(35)6-7-27(26)36)42-43-32(29)20(4)25-8-9-48-34(25)47/h6-7,12-14,17-20,22,24-25H,8-11,15-16H2,1-5H3,(H,39,45)(H2,37,38,40,41,42,46)/t19?,20-,22?,24?,25?/m0/s1. The summed E-state index contributed by atoms with van der Waals surface area (Å²) in [6.07, 6.45) is 3.29. The summed E-state index contributed by atoms with van der Waals surface area (Å²) in [6.45, 7) is 11.6. The minimum Gasteiger partial charge on any atom is -0.465 e. The van der Waals surface area contributed by atoms with E-state index in [0.717, 1.165) is 13.1 Å². The molecule has 5 rings (SSSR count). The Hall–Kier alpha value is -4.23. The average molecular weight is 681 g/mol. The largest absolute Gasteiger partial charge is 0.465 e. The van der Waals surface area contributed by atoms with Crippen LogP contribution in [0, 0.1) is 23.6 Å². The van der Waals surface area contributed by atoms with Crippen molar-refractivity contribution in [3.8, 4) is 11.3 Å². The third-order valence-corrected chi connectivity index (χ3v) is 9.01. The van der Waals surface area contributed by atoms with E-state index in [1.165, 1.54) is 31.5 Å². The van der Waals surface area contributed by atoms with Crippen LogP contribution in [0.25, 0.3) is 11.3 Å². The molecule has 0 radical (unpaired) electrons. The third kappa shape index (κ3) is 8.62. The van der Waals surface area contributed by atoms with Gasteiger partial charge < -0.3 is 20.7 Å². The van der Waals surface area contributed by atoms with Gasteiger partial charge in [-0.1, -0.05) is 32.4 Å². The highest BCUT2D eigenvalue weighted by molar-refractivity contribution is 6.30. The first-order valence-corrected chi connectivity index (χ1v) is 16.7. The van der Waals surface area contributed by atoms with E-state index in [1.807, 2.05) is 13.8 Å². The van der Waals surface area contributed by atoms with Crippen LogP contribution in [0.3, 0.4) is 0 Å². The van der Waals surface area contributed by atoms with Crippen molar-refractivity contribution in [3.63, 3.8) is 0 Å². The van der Waals surface area contributed by atoms with E-state index in [9.17, 15) is 18.8 Å². The molecule has 3 N–H and O–H groups in total. The maximum absolute atomic E-state index is 14.8. The Morgan fingerprint density at radius 1 is 1.06 bits per heavy atom. The topological polar surface area (TPSA) is 151 Å². The van der Waals surface area contributed by atoms with E-state index in [0.29, 0.717) is 59.8 Å². The van der Waals surface area contributed by atoms with Crippen LogP contribution in [-0.2, 0) is 19.1 Å². The summed E-state index contributed by atoms with van der Waals surface area (Å²) >= 11 is 6.15. The van der Waals surface area contributed by atoms with Gasteiger partial charge in [0, 0.05) is 60.6 Å². The van der Waals surface area contributed by atoms with E-state index >= 15 is 0 Å². The zero-order chi connectivity index (χ0) is 34.5. The number of amides is 2. The average Bonchev–Trinajstić information content (AvgIpc) is 3.42. The first kappa shape index (κ1) is 35.1. The summed E-state index contributed by atoms with van der Waals surface area (Å²) in [5.74, 6) is -0.843. The van der Waals surface area contributed by atoms with Gasteiger partial charge in [-0.25, -0.2) is 14.4 Å². The number of nitrogens with zero attached hydrogens (tertiary/aromatic N) is 5. The van der Waals surface area contributed by atoms with Crippen molar-refractivity contribution >= 4 is 46.7 Å². The molecule has 2 aliphatic rings. The molecule has 1 saturated carbocycles. The number of anilines is 3. The molecule has 0 bridgehead atoms. The number of carbonyl (C=O) groups is 3. The predicted molar refractivity (Wildman–Crippen MR) is 180 cm³/mol. The van der Waals surface area contributed by atoms with Gasteiger partial charge in [-0.3, -0.25) is 19.3 Å². The summed E-state index contributed by atoms with van der Waals surface area (Å²) in [5.41, 5.74) is 1.35. The lowest BCUT2D eigenvalue weighted by Crippen LogP contribution is -2.53. The molecule has 1 aromatic carbocycles. The number of halogens is 2. The highest BCUT2D eigenvalue weighted by Gasteiger charge is 2.39. The number of aromatic nitrogens is 4. The smallest absolute Gasteiger partial charge is 0.309 e. The monoisotopic (exact) mass is 680 g/mol. The highest BCUT2D eigenvalue weighted by Crippen LogP contribution is 2.37. The molecule has 1 aliphatic carbocycles. The van der Waals surface area contributed by atoms with Gasteiger partial charge in [0.15, 0.2) is 0 Å². The van der Waals surface area contributed by atoms with Crippen molar-refractivity contribution in [2.45, 2.75) is 71.9 Å². The molecule has 1 aliphatic heterocycles. The Kier molecular flexibility index (Phi) is 11.2. The van der Waals surface area contributed by atoms with Crippen LogP contribution >= 0.6 is 11.6 Å². The van der Waals surface area contributed by atoms with Gasteiger partial charge in [-0.05, 0) is 56.4 Å². The fraction of sp³-hybridized carbons (Fsp3) is 0.500. The van der Waals surface area contributed by atoms with Crippen molar-refractivity contribution in [2.24, 2.45) is 17.8 Å². The zero-order valence-electron chi connectivity index (χ0n) is 27.8. The number of rotatable bonds is 13. The van der Waals surface area contributed by atoms with Crippen LogP contribution < -0.4 is 16.0 Å². The molecule has 256 valence electrons. The molecule has 3 heterocycles. The summed E-state index contributed by atoms with van der Waals surface area (Å²) < 4.78 is 20.0. The second-order valence-corrected chi connectivity index (χ2v) is 13.6. The number of nitrogens with one attached hydrogen (secondary N) is 3. The summed E-state index contributed by atoms with van der Waals surface area (Å²) in [4.78, 5) is 48.1. The first-order chi connectivity index (χ1) is 22.9. The Bertz CT molecular complexity index is 1650. The van der Waals surface area contributed by atoms with Crippen LogP contribution in [0.1, 0.15) is 65.5 Å². The molecule has 48 heavy (non-hydrogen) atoms.